The number of nitrogens with one attached hydrogen (secondary N) is 2. The molecule has 14 rings (SSSR count). The summed E-state index contributed by atoms with van der Waals surface area (Å²) >= 11 is 11.4. The highest BCUT2D eigenvalue weighted by atomic mass is 32.2. The molecule has 113 heavy (non-hydrogen) atoms. The van der Waals surface area contributed by atoms with Crippen molar-refractivity contribution in [2.45, 2.75) is 45.2 Å². The first-order valence-corrected chi connectivity index (χ1v) is 38.7. The van der Waals surface area contributed by atoms with Crippen LogP contribution in [0.2, 0.25) is 0 Å². The Hall–Kier alpha value is -9.16. The molecule has 0 saturated carbocycles. The van der Waals surface area contributed by atoms with Crippen LogP contribution in [-0.2, 0) is 52.1 Å². The third kappa shape index (κ3) is 27.5. The number of cyclic esters (lactones) is 4. The second-order valence-corrected chi connectivity index (χ2v) is 28.9. The molecule has 9 fully saturated rings. The summed E-state index contributed by atoms with van der Waals surface area (Å²) in [5.41, 5.74) is 15.0. The number of rotatable bonds is 15. The van der Waals surface area contributed by atoms with E-state index in [0.717, 1.165) is 36.3 Å². The largest absolute Gasteiger partial charge is 0.453 e. The van der Waals surface area contributed by atoms with E-state index < -0.39 is 48.5 Å². The minimum absolute atomic E-state index is 0.128. The number of halogens is 4. The van der Waals surface area contributed by atoms with Crippen LogP contribution in [0.3, 0.4) is 0 Å². The molecule has 9 aliphatic heterocycles. The third-order valence-electron chi connectivity index (χ3n) is 18.1. The highest BCUT2D eigenvalue weighted by molar-refractivity contribution is 8.23. The van der Waals surface area contributed by atoms with Crippen molar-refractivity contribution in [1.29, 1.82) is 0 Å². The molecule has 5 aromatic rings. The van der Waals surface area contributed by atoms with Crippen molar-refractivity contribution in [3.05, 3.63) is 115 Å². The van der Waals surface area contributed by atoms with Crippen LogP contribution in [0.15, 0.2) is 91.5 Å². The van der Waals surface area contributed by atoms with Crippen molar-refractivity contribution in [2.24, 2.45) is 11.5 Å². The monoisotopic (exact) mass is 1640 g/mol. The van der Waals surface area contributed by atoms with Crippen LogP contribution < -0.4 is 61.3 Å². The van der Waals surface area contributed by atoms with Crippen molar-refractivity contribution >= 4 is 127 Å². The maximum absolute atomic E-state index is 14.5. The van der Waals surface area contributed by atoms with Gasteiger partial charge >= 0.3 is 36.6 Å². The number of methoxy groups -OCH3 is 2. The zero-order valence-electron chi connectivity index (χ0n) is 64.2. The fourth-order valence-electron chi connectivity index (χ4n) is 12.1. The predicted octanol–water partition coefficient (Wildman–Crippen LogP) is 7.69. The van der Waals surface area contributed by atoms with Gasteiger partial charge < -0.3 is 98.7 Å². The van der Waals surface area contributed by atoms with Crippen LogP contribution >= 0.6 is 36.2 Å². The number of aromatic nitrogens is 2. The van der Waals surface area contributed by atoms with E-state index in [4.69, 9.17) is 78.5 Å². The molecule has 0 aliphatic carbocycles. The van der Waals surface area contributed by atoms with Crippen molar-refractivity contribution in [1.82, 2.24) is 25.1 Å². The first-order chi connectivity index (χ1) is 54.5. The average Bonchev–Trinajstić information content (AvgIpc) is 1.74. The van der Waals surface area contributed by atoms with Gasteiger partial charge in [-0.15, -0.1) is 11.8 Å². The highest BCUT2D eigenvalue weighted by Crippen LogP contribution is 2.33. The molecule has 9 aliphatic rings. The van der Waals surface area contributed by atoms with Crippen LogP contribution in [0.25, 0.3) is 0 Å². The molecule has 0 radical (unpaired) electrons. The Bertz CT molecular complexity index is 3810. The van der Waals surface area contributed by atoms with Gasteiger partial charge in [-0.3, -0.25) is 19.6 Å². The number of nitrogens with two attached hydrogens (primary N) is 2. The van der Waals surface area contributed by atoms with Gasteiger partial charge in [0, 0.05) is 95.1 Å². The number of benzene rings is 4. The van der Waals surface area contributed by atoms with E-state index in [0.29, 0.717) is 182 Å². The molecule has 32 nitrogen and oxygen atoms in total. The number of alkyl carbamates (subject to hydrolysis) is 1. The van der Waals surface area contributed by atoms with Crippen molar-refractivity contribution in [3.8, 4) is 0 Å². The summed E-state index contributed by atoms with van der Waals surface area (Å²) in [7, 11) is 4.69. The standard InChI is InChI=1S/C16H20FN3O5.C16H20FN3O3S.2C14H18FN3O3.C5H6N2O2.C5H11NO.C4H8S2/c1-23-15(21)18-9-12-10-20(16(22)25-12)11-2-3-14(13(17)8-11)19-4-6-24-7-5-19;1-11(24)18-9-13-10-20(16(21)23-13)12-2-3-15(14(17)8-12)19-4-6-22-7-5-19;2*15-12-7-10(18-9-11(8-16)21-14(18)19)1-2-13(12)17-3-5-20-6-4-17;1-9-5(8)7-3-2-6-4-7;1-6-2-4-7-5-3-6;1-3-6-4(2)5/h2-3,8,12H,4-7,9-10H2,1H3,(H,18,21);2-3,8,13H,4-7,9-10H2,1H3,(H,18,24);2*1-2,7,11H,3-6,8-9,16H2;2-4H,1H3;2-5H2,1H3;3H2,1-2H3/t12-;13-;2*11-;;;/m0000.../s1. The summed E-state index contributed by atoms with van der Waals surface area (Å²) in [6.07, 6.45) is -0.118. The lowest BCUT2D eigenvalue weighted by atomic mass is 10.2. The maximum atomic E-state index is 14.5. The quantitative estimate of drug-likeness (QED) is 0.0443. The molecule has 0 bridgehead atoms. The molecule has 0 unspecified atom stereocenters. The summed E-state index contributed by atoms with van der Waals surface area (Å²) in [4.78, 5) is 89.1. The minimum atomic E-state index is -0.601. The Labute approximate surface area is 669 Å². The third-order valence-corrected chi connectivity index (χ3v) is 19.3. The molecule has 620 valence electrons. The van der Waals surface area contributed by atoms with Crippen LogP contribution in [0.5, 0.6) is 0 Å². The Morgan fingerprint density at radius 1 is 0.496 bits per heavy atom. The van der Waals surface area contributed by atoms with Gasteiger partial charge in [0.05, 0.1) is 170 Å². The number of hydrogen-bond acceptors (Lipinski definition) is 28. The van der Waals surface area contributed by atoms with Gasteiger partial charge in [-0.1, -0.05) is 31.4 Å². The number of carbonyl (C=O) groups is 6. The number of amides is 5. The first kappa shape index (κ1) is 89.4. The number of hydrogen-bond donors (Lipinski definition) is 4. The number of nitrogens with zero attached hydrogens (tertiary/aromatic N) is 11. The molecular weight excluding hydrogens is 1540 g/mol. The summed E-state index contributed by atoms with van der Waals surface area (Å²) in [6, 6.07) is 19.1. The summed E-state index contributed by atoms with van der Waals surface area (Å²) < 4.78 is 115. The lowest BCUT2D eigenvalue weighted by Gasteiger charge is -2.29. The fourth-order valence-corrected chi connectivity index (χ4v) is 13.0. The summed E-state index contributed by atoms with van der Waals surface area (Å²) in [5, 5.41) is 5.45. The van der Waals surface area contributed by atoms with E-state index in [2.05, 4.69) is 44.0 Å². The second kappa shape index (κ2) is 46.3. The molecule has 9 saturated heterocycles. The van der Waals surface area contributed by atoms with E-state index in [9.17, 15) is 46.3 Å². The predicted molar refractivity (Wildman–Crippen MR) is 428 cm³/mol. The highest BCUT2D eigenvalue weighted by Gasteiger charge is 2.37. The topological polar surface area (TPSA) is 327 Å². The molecule has 1 aromatic heterocycles. The van der Waals surface area contributed by atoms with Crippen molar-refractivity contribution in [3.63, 3.8) is 0 Å². The molecule has 6 N–H and O–H groups in total. The number of imidazole rings is 1. The SMILES string of the molecule is CC(=S)NC[C@H]1CN(c2ccc(N3CCOCC3)c(F)c2)C(=O)O1.CCSC(C)=S.CN1CCOCC1.COC(=O)NC[C@H]1CN(c2ccc(N3CCOCC3)c(F)c2)C(=O)O1.COC(=O)n1ccnc1.NC[C@H]1CN(c2ccc(N3CCOCC3)c(F)c2)C(=O)O1.NC[C@H]1CN(c2ccc(N3CCOCC3)c(F)c2)C(=O)O1. The second-order valence-electron chi connectivity index (χ2n) is 26.0. The molecule has 5 amide bonds. The van der Waals surface area contributed by atoms with Crippen LogP contribution in [0, 0.1) is 23.3 Å². The van der Waals surface area contributed by atoms with E-state index in [1.807, 2.05) is 26.5 Å². The van der Waals surface area contributed by atoms with Gasteiger partial charge in [-0.25, -0.2) is 55.9 Å². The lowest BCUT2D eigenvalue weighted by molar-refractivity contribution is 0.0503. The van der Waals surface area contributed by atoms with Crippen LogP contribution in [0.1, 0.15) is 20.8 Å². The average molecular weight is 1640 g/mol. The van der Waals surface area contributed by atoms with Crippen molar-refractivity contribution in [2.75, 3.05) is 250 Å². The fraction of sp³-hybridized carbons (Fsp3) is 0.527. The number of carbonyl (C=O) groups excluding carboxylic acids is 6. The van der Waals surface area contributed by atoms with Crippen LogP contribution in [0.4, 0.5) is 91.8 Å². The molecule has 39 heteroatoms. The van der Waals surface area contributed by atoms with Gasteiger partial charge in [0.15, 0.2) is 0 Å². The van der Waals surface area contributed by atoms with Crippen LogP contribution in [-0.4, -0.2) is 296 Å². The van der Waals surface area contributed by atoms with E-state index in [1.165, 1.54) is 81.4 Å². The number of anilines is 8. The smallest absolute Gasteiger partial charge is 0.418 e. The van der Waals surface area contributed by atoms with Crippen molar-refractivity contribution < 1.29 is 98.4 Å². The van der Waals surface area contributed by atoms with Gasteiger partial charge in [-0.2, -0.15) is 0 Å². The molecule has 4 aromatic carbocycles. The molecule has 0 spiro atoms. The van der Waals surface area contributed by atoms with Gasteiger partial charge in [0.1, 0.15) is 54.0 Å². The zero-order chi connectivity index (χ0) is 81.3. The van der Waals surface area contributed by atoms with E-state index >= 15 is 0 Å². The Morgan fingerprint density at radius 3 is 1.04 bits per heavy atom. The zero-order valence-corrected chi connectivity index (χ0v) is 66.7. The Kier molecular flexibility index (Phi) is 36.6. The lowest BCUT2D eigenvalue weighted by Crippen LogP contribution is -2.37. The van der Waals surface area contributed by atoms with Gasteiger partial charge in [0.2, 0.25) is 0 Å². The minimum Gasteiger partial charge on any atom is -0.453 e. The number of likely N-dealkylation sites (N-methyl/N-ethyl adjacent to an activating group) is 1. The number of ether oxygens (including phenoxy) is 11. The maximum Gasteiger partial charge on any atom is 0.418 e. The summed E-state index contributed by atoms with van der Waals surface area (Å²) in [5.74, 6) is -0.339. The number of thiocarbonyl (C=S) groups is 2. The number of thioether (sulfide) groups is 1. The Morgan fingerprint density at radius 2 is 0.805 bits per heavy atom. The first-order valence-electron chi connectivity index (χ1n) is 36.8. The Balaban J connectivity index is 0.000000173. The summed E-state index contributed by atoms with van der Waals surface area (Å²) in [6.45, 7) is 22.1. The molecular formula is C74H101F4N15O17S3. The molecule has 4 atom stereocenters. The molecule has 10 heterocycles. The van der Waals surface area contributed by atoms with Gasteiger partial charge in [-0.05, 0) is 99.4 Å². The van der Waals surface area contributed by atoms with E-state index in [1.54, 1.807) is 67.2 Å². The number of morpholine rings is 5. The van der Waals surface area contributed by atoms with Gasteiger partial charge in [0.25, 0.3) is 0 Å². The van der Waals surface area contributed by atoms with E-state index in [-0.39, 0.29) is 61.9 Å². The normalized spacial score (nSPS) is 20.1.